The van der Waals surface area contributed by atoms with Crippen LogP contribution in [0.4, 0.5) is 0 Å². The highest BCUT2D eigenvalue weighted by Crippen LogP contribution is 2.31. The molecule has 2 heterocycles. The Hall–Kier alpha value is -1.55. The minimum absolute atomic E-state index is 0.273. The first-order valence-electron chi connectivity index (χ1n) is 6.65. The molecule has 0 N–H and O–H groups in total. The van der Waals surface area contributed by atoms with Crippen LogP contribution in [0, 0.1) is 5.92 Å². The quantitative estimate of drug-likeness (QED) is 0.810. The number of amides is 1. The molecule has 0 aliphatic heterocycles. The Morgan fingerprint density at radius 1 is 1.42 bits per heavy atom. The summed E-state index contributed by atoms with van der Waals surface area (Å²) in [6, 6.07) is 6.11. The van der Waals surface area contributed by atoms with Crippen LogP contribution >= 0.6 is 11.3 Å². The average molecular weight is 275 g/mol. The topological polar surface area (TPSA) is 33.5 Å². The summed E-state index contributed by atoms with van der Waals surface area (Å²) in [4.78, 5) is 15.6. The minimum Gasteiger partial charge on any atom is -0.472 e. The Balaban J connectivity index is 1.63. The molecule has 1 aliphatic rings. The van der Waals surface area contributed by atoms with Gasteiger partial charge in [0.1, 0.15) is 0 Å². The molecule has 3 nitrogen and oxygen atoms in total. The lowest BCUT2D eigenvalue weighted by molar-refractivity contribution is -0.133. The van der Waals surface area contributed by atoms with Gasteiger partial charge in [0.25, 0.3) is 0 Å². The predicted molar refractivity (Wildman–Crippen MR) is 74.9 cm³/mol. The van der Waals surface area contributed by atoms with Crippen LogP contribution < -0.4 is 0 Å². The molecule has 4 heteroatoms. The molecule has 100 valence electrons. The lowest BCUT2D eigenvalue weighted by Gasteiger charge is -2.21. The molecule has 1 amide bonds. The number of furan rings is 1. The van der Waals surface area contributed by atoms with Gasteiger partial charge < -0.3 is 9.32 Å². The van der Waals surface area contributed by atoms with Gasteiger partial charge in [-0.15, -0.1) is 11.3 Å². The molecular formula is C15H17NO2S. The molecule has 0 saturated heterocycles. The van der Waals surface area contributed by atoms with E-state index in [4.69, 9.17) is 4.42 Å². The van der Waals surface area contributed by atoms with Gasteiger partial charge in [0.15, 0.2) is 0 Å². The largest absolute Gasteiger partial charge is 0.472 e. The Morgan fingerprint density at radius 2 is 2.32 bits per heavy atom. The number of nitrogens with zero attached hydrogens (tertiary/aromatic N) is 1. The highest BCUT2D eigenvalue weighted by Gasteiger charge is 2.33. The third kappa shape index (κ3) is 3.26. The molecular weight excluding hydrogens is 258 g/mol. The summed E-state index contributed by atoms with van der Waals surface area (Å²) in [5.41, 5.74) is 1.07. The van der Waals surface area contributed by atoms with E-state index in [-0.39, 0.29) is 5.92 Å². The van der Waals surface area contributed by atoms with Gasteiger partial charge in [-0.1, -0.05) is 6.07 Å². The first-order valence-corrected chi connectivity index (χ1v) is 7.53. The van der Waals surface area contributed by atoms with Crippen molar-refractivity contribution in [1.29, 1.82) is 0 Å². The number of hydrogen-bond donors (Lipinski definition) is 0. The zero-order chi connectivity index (χ0) is 13.1. The summed E-state index contributed by atoms with van der Waals surface area (Å²) in [6.07, 6.45) is 6.43. The standard InChI is InChI=1S/C15H17NO2S/c17-15(13-3-4-13)16(10-12-6-8-18-11-12)7-5-14-2-1-9-19-14/h1-2,6,8-9,11,13H,3-5,7,10H2. The van der Waals surface area contributed by atoms with Crippen molar-refractivity contribution in [3.63, 3.8) is 0 Å². The fourth-order valence-corrected chi connectivity index (χ4v) is 2.86. The maximum Gasteiger partial charge on any atom is 0.225 e. The van der Waals surface area contributed by atoms with Crippen LogP contribution in [0.15, 0.2) is 40.5 Å². The summed E-state index contributed by atoms with van der Waals surface area (Å²) in [5.74, 6) is 0.577. The Kier molecular flexibility index (Phi) is 3.69. The van der Waals surface area contributed by atoms with Gasteiger partial charge >= 0.3 is 0 Å². The zero-order valence-corrected chi connectivity index (χ0v) is 11.6. The summed E-state index contributed by atoms with van der Waals surface area (Å²) < 4.78 is 5.09. The lowest BCUT2D eigenvalue weighted by atomic mass is 10.2. The van der Waals surface area contributed by atoms with Crippen LogP contribution in [0.25, 0.3) is 0 Å². The van der Waals surface area contributed by atoms with Crippen LogP contribution in [0.2, 0.25) is 0 Å². The molecule has 1 aliphatic carbocycles. The molecule has 0 unspecified atom stereocenters. The first-order chi connectivity index (χ1) is 9.33. The maximum absolute atomic E-state index is 12.3. The predicted octanol–water partition coefficient (Wildman–Crippen LogP) is 3.32. The molecule has 0 radical (unpaired) electrons. The van der Waals surface area contributed by atoms with Crippen molar-refractivity contribution >= 4 is 17.2 Å². The number of rotatable bonds is 6. The van der Waals surface area contributed by atoms with Crippen molar-refractivity contribution in [2.45, 2.75) is 25.8 Å². The highest BCUT2D eigenvalue weighted by atomic mass is 32.1. The van der Waals surface area contributed by atoms with Crippen LogP contribution in [-0.2, 0) is 17.8 Å². The Bertz CT molecular complexity index is 514. The van der Waals surface area contributed by atoms with Crippen LogP contribution in [0.3, 0.4) is 0 Å². The molecule has 3 rings (SSSR count). The van der Waals surface area contributed by atoms with Gasteiger partial charge in [0, 0.05) is 29.4 Å². The molecule has 0 aromatic carbocycles. The third-order valence-corrected chi connectivity index (χ3v) is 4.34. The summed E-state index contributed by atoms with van der Waals surface area (Å²) in [5, 5.41) is 2.08. The molecule has 0 bridgehead atoms. The average Bonchev–Trinajstić information content (AvgIpc) is 2.91. The second kappa shape index (κ2) is 5.61. The van der Waals surface area contributed by atoms with E-state index in [1.165, 1.54) is 4.88 Å². The smallest absolute Gasteiger partial charge is 0.225 e. The van der Waals surface area contributed by atoms with E-state index in [9.17, 15) is 4.79 Å². The monoisotopic (exact) mass is 275 g/mol. The van der Waals surface area contributed by atoms with E-state index >= 15 is 0 Å². The van der Waals surface area contributed by atoms with E-state index in [0.29, 0.717) is 12.5 Å². The molecule has 19 heavy (non-hydrogen) atoms. The summed E-state index contributed by atoms with van der Waals surface area (Å²) >= 11 is 1.75. The van der Waals surface area contributed by atoms with Crippen molar-refractivity contribution in [1.82, 2.24) is 4.90 Å². The van der Waals surface area contributed by atoms with Gasteiger partial charge in [-0.2, -0.15) is 0 Å². The van der Waals surface area contributed by atoms with Crippen molar-refractivity contribution in [2.24, 2.45) is 5.92 Å². The normalized spacial score (nSPS) is 14.5. The number of thiophene rings is 1. The zero-order valence-electron chi connectivity index (χ0n) is 10.7. The third-order valence-electron chi connectivity index (χ3n) is 3.40. The van der Waals surface area contributed by atoms with Gasteiger partial charge in [-0.05, 0) is 36.8 Å². The first kappa shape index (κ1) is 12.5. The second-order valence-electron chi connectivity index (χ2n) is 5.00. The SMILES string of the molecule is O=C(C1CC1)N(CCc1cccs1)Cc1ccoc1. The van der Waals surface area contributed by atoms with E-state index in [1.54, 1.807) is 23.9 Å². The van der Waals surface area contributed by atoms with Gasteiger partial charge in [-0.3, -0.25) is 4.79 Å². The molecule has 2 aromatic heterocycles. The minimum atomic E-state index is 0.273. The van der Waals surface area contributed by atoms with Crippen LogP contribution in [0.5, 0.6) is 0 Å². The highest BCUT2D eigenvalue weighted by molar-refractivity contribution is 7.09. The molecule has 1 fully saturated rings. The molecule has 1 saturated carbocycles. The van der Waals surface area contributed by atoms with Crippen LogP contribution in [0.1, 0.15) is 23.3 Å². The van der Waals surface area contributed by atoms with Crippen molar-refractivity contribution in [2.75, 3.05) is 6.54 Å². The van der Waals surface area contributed by atoms with E-state index < -0.39 is 0 Å². The molecule has 0 spiro atoms. The fraction of sp³-hybridized carbons (Fsp3) is 0.400. The summed E-state index contributed by atoms with van der Waals surface area (Å²) in [6.45, 7) is 1.46. The van der Waals surface area contributed by atoms with Crippen molar-refractivity contribution in [3.8, 4) is 0 Å². The lowest BCUT2D eigenvalue weighted by Crippen LogP contribution is -2.33. The van der Waals surface area contributed by atoms with Crippen LogP contribution in [-0.4, -0.2) is 17.4 Å². The molecule has 2 aromatic rings. The van der Waals surface area contributed by atoms with Gasteiger partial charge in [-0.25, -0.2) is 0 Å². The van der Waals surface area contributed by atoms with E-state index in [2.05, 4.69) is 17.5 Å². The molecule has 0 atom stereocenters. The van der Waals surface area contributed by atoms with E-state index in [1.807, 2.05) is 11.0 Å². The van der Waals surface area contributed by atoms with Crippen molar-refractivity contribution < 1.29 is 9.21 Å². The Labute approximate surface area is 116 Å². The second-order valence-corrected chi connectivity index (χ2v) is 6.03. The number of hydrogen-bond acceptors (Lipinski definition) is 3. The maximum atomic E-state index is 12.3. The fourth-order valence-electron chi connectivity index (χ4n) is 2.16. The van der Waals surface area contributed by atoms with E-state index in [0.717, 1.165) is 31.4 Å². The number of carbonyl (C=O) groups is 1. The number of carbonyl (C=O) groups excluding carboxylic acids is 1. The van der Waals surface area contributed by atoms with Crippen molar-refractivity contribution in [3.05, 3.63) is 46.5 Å². The van der Waals surface area contributed by atoms with Gasteiger partial charge in [0.05, 0.1) is 12.5 Å². The summed E-state index contributed by atoms with van der Waals surface area (Å²) in [7, 11) is 0. The Morgan fingerprint density at radius 3 is 2.95 bits per heavy atom. The van der Waals surface area contributed by atoms with Gasteiger partial charge in [0.2, 0.25) is 5.91 Å².